The maximum atomic E-state index is 12.8. The lowest BCUT2D eigenvalue weighted by Gasteiger charge is -2.23. The highest BCUT2D eigenvalue weighted by atomic mass is 19.4. The number of carboxylic acid groups (broad SMARTS) is 1. The molecule has 3 nitrogen and oxygen atoms in total. The second kappa shape index (κ2) is 6.15. The van der Waals surface area contributed by atoms with E-state index in [-0.39, 0.29) is 11.7 Å². The van der Waals surface area contributed by atoms with Crippen LogP contribution in [0.1, 0.15) is 37.3 Å². The summed E-state index contributed by atoms with van der Waals surface area (Å²) in [6.45, 7) is 5.39. The van der Waals surface area contributed by atoms with Crippen LogP contribution in [0.2, 0.25) is 0 Å². The van der Waals surface area contributed by atoms with Gasteiger partial charge in [-0.05, 0) is 30.0 Å². The van der Waals surface area contributed by atoms with Crippen molar-refractivity contribution in [1.29, 1.82) is 0 Å². The largest absolute Gasteiger partial charge is 0.481 e. The van der Waals surface area contributed by atoms with Crippen LogP contribution >= 0.6 is 0 Å². The molecule has 1 aromatic carbocycles. The van der Waals surface area contributed by atoms with Gasteiger partial charge in [-0.1, -0.05) is 26.0 Å². The summed E-state index contributed by atoms with van der Waals surface area (Å²) in [5.41, 5.74) is 1.37. The first-order chi connectivity index (χ1) is 9.11. The van der Waals surface area contributed by atoms with Crippen molar-refractivity contribution < 1.29 is 27.8 Å². The minimum atomic E-state index is -4.73. The molecule has 0 aliphatic heterocycles. The molecule has 0 aromatic heterocycles. The van der Waals surface area contributed by atoms with Crippen LogP contribution in [0.3, 0.4) is 0 Å². The second-order valence-corrected chi connectivity index (χ2v) is 4.94. The van der Waals surface area contributed by atoms with Gasteiger partial charge in [0.05, 0.1) is 6.42 Å². The van der Waals surface area contributed by atoms with Gasteiger partial charge in [0.2, 0.25) is 6.10 Å². The molecule has 1 N–H and O–H groups in total. The Hall–Kier alpha value is -1.72. The zero-order valence-corrected chi connectivity index (χ0v) is 11.5. The van der Waals surface area contributed by atoms with E-state index in [1.807, 2.05) is 13.8 Å². The monoisotopic (exact) mass is 290 g/mol. The molecule has 0 spiro atoms. The molecular weight excluding hydrogens is 273 g/mol. The second-order valence-electron chi connectivity index (χ2n) is 4.94. The molecule has 1 atom stereocenters. The van der Waals surface area contributed by atoms with Crippen LogP contribution in [0.25, 0.3) is 0 Å². The Morgan fingerprint density at radius 1 is 1.35 bits per heavy atom. The summed E-state index contributed by atoms with van der Waals surface area (Å²) < 4.78 is 43.4. The molecule has 0 radical (unpaired) electrons. The number of halogens is 3. The molecule has 0 saturated carbocycles. The average molecular weight is 290 g/mol. The summed E-state index contributed by atoms with van der Waals surface area (Å²) in [5.74, 6) is -1.49. The number of alkyl halides is 3. The normalized spacial score (nSPS) is 13.3. The van der Waals surface area contributed by atoms with Crippen molar-refractivity contribution in [2.75, 3.05) is 0 Å². The van der Waals surface area contributed by atoms with Gasteiger partial charge in [-0.3, -0.25) is 4.79 Å². The van der Waals surface area contributed by atoms with Crippen molar-refractivity contribution in [3.63, 3.8) is 0 Å². The maximum Gasteiger partial charge on any atom is 0.426 e. The minimum absolute atomic E-state index is 0.0238. The Bertz CT molecular complexity index is 481. The smallest absolute Gasteiger partial charge is 0.426 e. The Labute approximate surface area is 115 Å². The Kier molecular flexibility index (Phi) is 5.03. The minimum Gasteiger partial charge on any atom is -0.481 e. The van der Waals surface area contributed by atoms with E-state index in [9.17, 15) is 18.0 Å². The molecule has 0 aliphatic carbocycles. The van der Waals surface area contributed by atoms with E-state index in [4.69, 9.17) is 9.84 Å². The first kappa shape index (κ1) is 16.3. The average Bonchev–Trinajstić information content (AvgIpc) is 2.25. The fourth-order valence-electron chi connectivity index (χ4n) is 1.76. The number of hydrogen-bond donors (Lipinski definition) is 1. The summed E-state index contributed by atoms with van der Waals surface area (Å²) in [4.78, 5) is 10.6. The fourth-order valence-corrected chi connectivity index (χ4v) is 1.76. The number of rotatable bonds is 5. The van der Waals surface area contributed by atoms with Gasteiger partial charge >= 0.3 is 12.1 Å². The van der Waals surface area contributed by atoms with Crippen LogP contribution in [0.5, 0.6) is 5.75 Å². The first-order valence-corrected chi connectivity index (χ1v) is 6.17. The molecule has 20 heavy (non-hydrogen) atoms. The van der Waals surface area contributed by atoms with E-state index in [0.717, 1.165) is 5.56 Å². The summed E-state index contributed by atoms with van der Waals surface area (Å²) >= 11 is 0. The standard InChI is InChI=1S/C14H17F3O3/c1-8(2)10-5-4-9(3)6-11(10)20-12(7-13(18)19)14(15,16)17/h4-6,8,12H,7H2,1-3H3,(H,18,19). The lowest BCUT2D eigenvalue weighted by Crippen LogP contribution is -2.36. The molecule has 1 unspecified atom stereocenters. The van der Waals surface area contributed by atoms with Gasteiger partial charge in [0, 0.05) is 0 Å². The van der Waals surface area contributed by atoms with E-state index in [1.165, 1.54) is 6.07 Å². The van der Waals surface area contributed by atoms with Gasteiger partial charge in [-0.2, -0.15) is 13.2 Å². The SMILES string of the molecule is Cc1ccc(C(C)C)c(OC(CC(=O)O)C(F)(F)F)c1. The molecule has 0 aliphatic rings. The number of carbonyl (C=O) groups is 1. The zero-order valence-electron chi connectivity index (χ0n) is 11.5. The van der Waals surface area contributed by atoms with E-state index in [0.29, 0.717) is 5.56 Å². The first-order valence-electron chi connectivity index (χ1n) is 6.17. The summed E-state index contributed by atoms with van der Waals surface area (Å²) in [7, 11) is 0. The molecule has 0 bridgehead atoms. The highest BCUT2D eigenvalue weighted by molar-refractivity contribution is 5.67. The van der Waals surface area contributed by atoms with Gasteiger partial charge in [0.15, 0.2) is 0 Å². The van der Waals surface area contributed by atoms with Crippen LogP contribution in [0.15, 0.2) is 18.2 Å². The molecule has 6 heteroatoms. The van der Waals surface area contributed by atoms with Crippen molar-refractivity contribution in [1.82, 2.24) is 0 Å². The number of carboxylic acids is 1. The van der Waals surface area contributed by atoms with E-state index < -0.39 is 24.7 Å². The Morgan fingerprint density at radius 3 is 2.40 bits per heavy atom. The van der Waals surface area contributed by atoms with Crippen LogP contribution in [-0.4, -0.2) is 23.4 Å². The van der Waals surface area contributed by atoms with Crippen molar-refractivity contribution in [2.24, 2.45) is 0 Å². The van der Waals surface area contributed by atoms with Crippen LogP contribution in [0.4, 0.5) is 13.2 Å². The van der Waals surface area contributed by atoms with Crippen LogP contribution in [0, 0.1) is 6.92 Å². The Morgan fingerprint density at radius 2 is 1.95 bits per heavy atom. The third-order valence-electron chi connectivity index (χ3n) is 2.79. The van der Waals surface area contributed by atoms with Gasteiger partial charge in [0.1, 0.15) is 5.75 Å². The summed E-state index contributed by atoms with van der Waals surface area (Å²) in [5, 5.41) is 8.58. The highest BCUT2D eigenvalue weighted by Gasteiger charge is 2.43. The molecular formula is C14H17F3O3. The molecule has 0 amide bonds. The number of aryl methyl sites for hydroxylation is 1. The number of ether oxygens (including phenoxy) is 1. The van der Waals surface area contributed by atoms with Gasteiger partial charge in [0.25, 0.3) is 0 Å². The zero-order chi connectivity index (χ0) is 15.5. The van der Waals surface area contributed by atoms with Crippen molar-refractivity contribution in [2.45, 2.75) is 45.4 Å². The molecule has 1 aromatic rings. The predicted octanol–water partition coefficient (Wildman–Crippen LogP) is 3.90. The summed E-state index contributed by atoms with van der Waals surface area (Å²) in [6.07, 6.45) is -8.19. The molecule has 112 valence electrons. The third-order valence-corrected chi connectivity index (χ3v) is 2.79. The molecule has 0 fully saturated rings. The van der Waals surface area contributed by atoms with Gasteiger partial charge < -0.3 is 9.84 Å². The van der Waals surface area contributed by atoms with E-state index >= 15 is 0 Å². The highest BCUT2D eigenvalue weighted by Crippen LogP contribution is 2.33. The molecule has 0 saturated heterocycles. The van der Waals surface area contributed by atoms with Gasteiger partial charge in [-0.25, -0.2) is 0 Å². The molecule has 0 heterocycles. The van der Waals surface area contributed by atoms with Crippen molar-refractivity contribution in [3.05, 3.63) is 29.3 Å². The predicted molar refractivity (Wildman–Crippen MR) is 68.0 cm³/mol. The van der Waals surface area contributed by atoms with Crippen molar-refractivity contribution in [3.8, 4) is 5.75 Å². The Balaban J connectivity index is 3.10. The topological polar surface area (TPSA) is 46.5 Å². The van der Waals surface area contributed by atoms with Crippen molar-refractivity contribution >= 4 is 5.97 Å². The molecule has 1 rings (SSSR count). The van der Waals surface area contributed by atoms with Gasteiger partial charge in [-0.15, -0.1) is 0 Å². The van der Waals surface area contributed by atoms with E-state index in [2.05, 4.69) is 0 Å². The lowest BCUT2D eigenvalue weighted by molar-refractivity contribution is -0.200. The maximum absolute atomic E-state index is 12.8. The number of hydrogen-bond acceptors (Lipinski definition) is 2. The third kappa shape index (κ3) is 4.43. The van der Waals surface area contributed by atoms with Crippen LogP contribution in [-0.2, 0) is 4.79 Å². The fraction of sp³-hybridized carbons (Fsp3) is 0.500. The lowest BCUT2D eigenvalue weighted by atomic mass is 10.0. The number of benzene rings is 1. The summed E-state index contributed by atoms with van der Waals surface area (Å²) in [6, 6.07) is 4.97. The number of aliphatic carboxylic acids is 1. The quantitative estimate of drug-likeness (QED) is 0.894. The van der Waals surface area contributed by atoms with E-state index in [1.54, 1.807) is 19.1 Å². The van der Waals surface area contributed by atoms with Crippen LogP contribution < -0.4 is 4.74 Å².